The van der Waals surface area contributed by atoms with E-state index in [1.165, 1.54) is 12.8 Å². The van der Waals surface area contributed by atoms with Crippen molar-refractivity contribution in [2.45, 2.75) is 18.9 Å². The minimum atomic E-state index is 0.0438. The van der Waals surface area contributed by atoms with E-state index in [4.69, 9.17) is 5.73 Å². The van der Waals surface area contributed by atoms with Crippen LogP contribution in [-0.4, -0.2) is 31.6 Å². The van der Waals surface area contributed by atoms with Crippen molar-refractivity contribution in [3.8, 4) is 0 Å². The maximum Gasteiger partial charge on any atom is 0.234 e. The van der Waals surface area contributed by atoms with Crippen LogP contribution < -0.4 is 16.4 Å². The van der Waals surface area contributed by atoms with Crippen LogP contribution in [0.1, 0.15) is 12.8 Å². The highest BCUT2D eigenvalue weighted by Gasteiger charge is 2.20. The molecule has 4 heteroatoms. The Hall–Kier alpha value is -0.610. The first kappa shape index (κ1) is 8.49. The Labute approximate surface area is 66.5 Å². The Bertz CT molecular complexity index is 134. The Morgan fingerprint density at radius 2 is 2.27 bits per heavy atom. The summed E-state index contributed by atoms with van der Waals surface area (Å²) in [6, 6.07) is 0.596. The molecule has 0 atom stereocenters. The lowest BCUT2D eigenvalue weighted by Crippen LogP contribution is -2.37. The van der Waals surface area contributed by atoms with E-state index in [-0.39, 0.29) is 5.91 Å². The van der Waals surface area contributed by atoms with E-state index >= 15 is 0 Å². The van der Waals surface area contributed by atoms with Crippen molar-refractivity contribution in [2.24, 2.45) is 5.73 Å². The normalized spacial score (nSPS) is 16.5. The predicted octanol–water partition coefficient (Wildman–Crippen LogP) is -1.19. The average molecular weight is 157 g/mol. The summed E-state index contributed by atoms with van der Waals surface area (Å²) in [7, 11) is 0. The van der Waals surface area contributed by atoms with Crippen LogP contribution in [0, 0.1) is 0 Å². The van der Waals surface area contributed by atoms with Gasteiger partial charge in [0.2, 0.25) is 5.91 Å². The van der Waals surface area contributed by atoms with Crippen LogP contribution in [0.5, 0.6) is 0 Å². The molecule has 0 saturated heterocycles. The van der Waals surface area contributed by atoms with Crippen LogP contribution in [0.4, 0.5) is 0 Å². The molecule has 0 spiro atoms. The number of hydrogen-bond acceptors (Lipinski definition) is 3. The van der Waals surface area contributed by atoms with Crippen LogP contribution in [-0.2, 0) is 4.79 Å². The highest BCUT2D eigenvalue weighted by molar-refractivity contribution is 5.78. The molecule has 4 nitrogen and oxygen atoms in total. The lowest BCUT2D eigenvalue weighted by molar-refractivity contribution is -0.120. The molecule has 0 radical (unpaired) electrons. The molecule has 0 unspecified atom stereocenters. The standard InChI is InChI=1S/C7H15N3O/c8-3-4-9-7(11)5-10-6-1-2-6/h6,10H,1-5,8H2,(H,9,11). The Morgan fingerprint density at radius 3 is 2.82 bits per heavy atom. The predicted molar refractivity (Wildman–Crippen MR) is 43.1 cm³/mol. The van der Waals surface area contributed by atoms with E-state index < -0.39 is 0 Å². The average Bonchev–Trinajstić information content (AvgIpc) is 2.80. The van der Waals surface area contributed by atoms with E-state index in [1.54, 1.807) is 0 Å². The van der Waals surface area contributed by atoms with Gasteiger partial charge in [-0.1, -0.05) is 0 Å². The van der Waals surface area contributed by atoms with Gasteiger partial charge in [-0.15, -0.1) is 0 Å². The lowest BCUT2D eigenvalue weighted by atomic mass is 10.5. The molecule has 1 fully saturated rings. The quantitative estimate of drug-likeness (QED) is 0.470. The second kappa shape index (κ2) is 4.31. The summed E-state index contributed by atoms with van der Waals surface area (Å²) >= 11 is 0. The fourth-order valence-corrected chi connectivity index (χ4v) is 0.799. The van der Waals surface area contributed by atoms with Gasteiger partial charge in [0.1, 0.15) is 0 Å². The highest BCUT2D eigenvalue weighted by atomic mass is 16.1. The van der Waals surface area contributed by atoms with Gasteiger partial charge in [-0.2, -0.15) is 0 Å². The van der Waals surface area contributed by atoms with E-state index in [1.807, 2.05) is 0 Å². The number of amides is 1. The van der Waals surface area contributed by atoms with Crippen molar-refractivity contribution >= 4 is 5.91 Å². The van der Waals surface area contributed by atoms with E-state index in [9.17, 15) is 4.79 Å². The number of carbonyl (C=O) groups is 1. The summed E-state index contributed by atoms with van der Waals surface area (Å²) in [6.45, 7) is 1.52. The van der Waals surface area contributed by atoms with Crippen molar-refractivity contribution in [3.05, 3.63) is 0 Å². The zero-order valence-corrected chi connectivity index (χ0v) is 6.60. The Balaban J connectivity index is 1.91. The first-order valence-corrected chi connectivity index (χ1v) is 4.03. The molecule has 0 aromatic rings. The summed E-state index contributed by atoms with van der Waals surface area (Å²) in [5.41, 5.74) is 5.21. The maximum absolute atomic E-state index is 10.9. The first-order chi connectivity index (χ1) is 5.33. The zero-order chi connectivity index (χ0) is 8.10. The Morgan fingerprint density at radius 1 is 1.55 bits per heavy atom. The third kappa shape index (κ3) is 3.95. The SMILES string of the molecule is NCCNC(=O)CNC1CC1. The van der Waals surface area contributed by atoms with Crippen LogP contribution >= 0.6 is 0 Å². The lowest BCUT2D eigenvalue weighted by Gasteiger charge is -2.03. The monoisotopic (exact) mass is 157 g/mol. The van der Waals surface area contributed by atoms with Gasteiger partial charge in [-0.25, -0.2) is 0 Å². The number of hydrogen-bond donors (Lipinski definition) is 3. The number of rotatable bonds is 5. The second-order valence-corrected chi connectivity index (χ2v) is 2.79. The van der Waals surface area contributed by atoms with Crippen molar-refractivity contribution in [3.63, 3.8) is 0 Å². The van der Waals surface area contributed by atoms with E-state index in [0.29, 0.717) is 25.7 Å². The van der Waals surface area contributed by atoms with Crippen molar-refractivity contribution < 1.29 is 4.79 Å². The Kier molecular flexibility index (Phi) is 3.32. The minimum Gasteiger partial charge on any atom is -0.354 e. The van der Waals surface area contributed by atoms with Gasteiger partial charge in [0.15, 0.2) is 0 Å². The molecule has 1 aliphatic carbocycles. The van der Waals surface area contributed by atoms with E-state index in [2.05, 4.69) is 10.6 Å². The molecule has 4 N–H and O–H groups in total. The van der Waals surface area contributed by atoms with Crippen molar-refractivity contribution in [1.29, 1.82) is 0 Å². The van der Waals surface area contributed by atoms with Gasteiger partial charge in [0, 0.05) is 19.1 Å². The van der Waals surface area contributed by atoms with Gasteiger partial charge in [-0.3, -0.25) is 4.79 Å². The highest BCUT2D eigenvalue weighted by Crippen LogP contribution is 2.17. The molecule has 0 aromatic carbocycles. The molecule has 11 heavy (non-hydrogen) atoms. The molecule has 1 aliphatic rings. The summed E-state index contributed by atoms with van der Waals surface area (Å²) < 4.78 is 0. The summed E-state index contributed by atoms with van der Waals surface area (Å²) in [5, 5.41) is 5.80. The van der Waals surface area contributed by atoms with Crippen molar-refractivity contribution in [1.82, 2.24) is 10.6 Å². The van der Waals surface area contributed by atoms with Crippen LogP contribution in [0.25, 0.3) is 0 Å². The number of nitrogens with two attached hydrogens (primary N) is 1. The molecule has 0 bridgehead atoms. The topological polar surface area (TPSA) is 67.1 Å². The number of carbonyl (C=O) groups excluding carboxylic acids is 1. The van der Waals surface area contributed by atoms with Gasteiger partial charge in [0.25, 0.3) is 0 Å². The molecular weight excluding hydrogens is 142 g/mol. The third-order valence-corrected chi connectivity index (χ3v) is 1.60. The van der Waals surface area contributed by atoms with Gasteiger partial charge in [-0.05, 0) is 12.8 Å². The van der Waals surface area contributed by atoms with Crippen LogP contribution in [0.2, 0.25) is 0 Å². The molecule has 1 rings (SSSR count). The number of nitrogens with one attached hydrogen (secondary N) is 2. The first-order valence-electron chi connectivity index (χ1n) is 4.03. The molecular formula is C7H15N3O. The third-order valence-electron chi connectivity index (χ3n) is 1.60. The van der Waals surface area contributed by atoms with Gasteiger partial charge in [0.05, 0.1) is 6.54 Å². The molecule has 0 heterocycles. The molecule has 0 aromatic heterocycles. The minimum absolute atomic E-state index is 0.0438. The maximum atomic E-state index is 10.9. The summed E-state index contributed by atoms with van der Waals surface area (Å²) in [4.78, 5) is 10.9. The fourth-order valence-electron chi connectivity index (χ4n) is 0.799. The van der Waals surface area contributed by atoms with Gasteiger partial charge >= 0.3 is 0 Å². The second-order valence-electron chi connectivity index (χ2n) is 2.79. The molecule has 0 aliphatic heterocycles. The molecule has 1 amide bonds. The zero-order valence-electron chi connectivity index (χ0n) is 6.60. The fraction of sp³-hybridized carbons (Fsp3) is 0.857. The largest absolute Gasteiger partial charge is 0.354 e. The summed E-state index contributed by atoms with van der Waals surface area (Å²) in [5.74, 6) is 0.0438. The molecule has 64 valence electrons. The van der Waals surface area contributed by atoms with Crippen LogP contribution in [0.15, 0.2) is 0 Å². The van der Waals surface area contributed by atoms with Crippen molar-refractivity contribution in [2.75, 3.05) is 19.6 Å². The van der Waals surface area contributed by atoms with Crippen LogP contribution in [0.3, 0.4) is 0 Å². The molecule has 1 saturated carbocycles. The summed E-state index contributed by atoms with van der Waals surface area (Å²) in [6.07, 6.45) is 2.42. The van der Waals surface area contributed by atoms with Gasteiger partial charge < -0.3 is 16.4 Å². The van der Waals surface area contributed by atoms with E-state index in [0.717, 1.165) is 0 Å². The smallest absolute Gasteiger partial charge is 0.234 e.